The Balaban J connectivity index is 2.94. The molecule has 0 saturated carbocycles. The van der Waals surface area contributed by atoms with E-state index in [0.29, 0.717) is 0 Å². The number of carbonyl (C=O) groups excluding carboxylic acids is 1. The maximum Gasteiger partial charge on any atom is 0.416 e. The number of rotatable bonds is 4. The van der Waals surface area contributed by atoms with Crippen molar-refractivity contribution in [2.24, 2.45) is 0 Å². The first-order valence-corrected chi connectivity index (χ1v) is 5.77. The lowest BCUT2D eigenvalue weighted by molar-refractivity contribution is -0.144. The zero-order valence-electron chi connectivity index (χ0n) is 10.9. The number of alkyl halides is 3. The topological polar surface area (TPSA) is 66.8 Å². The van der Waals surface area contributed by atoms with Gasteiger partial charge in [-0.25, -0.2) is 0 Å². The van der Waals surface area contributed by atoms with Crippen LogP contribution in [0.4, 0.5) is 13.2 Å². The molecule has 2 atom stereocenters. The molecule has 0 bridgehead atoms. The maximum atomic E-state index is 12.5. The summed E-state index contributed by atoms with van der Waals surface area (Å²) in [5.74, 6) is -0.721. The quantitative estimate of drug-likeness (QED) is 0.833. The van der Waals surface area contributed by atoms with Crippen LogP contribution in [0.1, 0.15) is 29.2 Å². The lowest BCUT2D eigenvalue weighted by atomic mass is 9.96. The summed E-state index contributed by atoms with van der Waals surface area (Å²) in [4.78, 5) is 11.0. The Morgan fingerprint density at radius 3 is 2.40 bits per heavy atom. The molecule has 0 aliphatic rings. The third kappa shape index (κ3) is 3.94. The lowest BCUT2D eigenvalue weighted by Gasteiger charge is -2.20. The predicted molar refractivity (Wildman–Crippen MR) is 63.8 cm³/mol. The Morgan fingerprint density at radius 2 is 1.95 bits per heavy atom. The summed E-state index contributed by atoms with van der Waals surface area (Å²) in [5.41, 5.74) is -0.529. The van der Waals surface area contributed by atoms with Gasteiger partial charge in [-0.05, 0) is 30.2 Å². The number of aliphatic hydroxyl groups excluding tert-OH is 2. The van der Waals surface area contributed by atoms with E-state index in [2.05, 4.69) is 4.74 Å². The minimum atomic E-state index is -4.47. The Bertz CT molecular complexity index is 485. The molecule has 0 radical (unpaired) electrons. The number of aliphatic hydroxyl groups is 2. The highest BCUT2D eigenvalue weighted by atomic mass is 19.4. The summed E-state index contributed by atoms with van der Waals surface area (Å²) in [6, 6.07) is 2.78. The van der Waals surface area contributed by atoms with Crippen molar-refractivity contribution in [3.05, 3.63) is 34.9 Å². The first-order chi connectivity index (χ1) is 9.16. The Kier molecular flexibility index (Phi) is 5.13. The predicted octanol–water partition coefficient (Wildman–Crippen LogP) is 1.97. The van der Waals surface area contributed by atoms with Crippen LogP contribution >= 0.6 is 0 Å². The van der Waals surface area contributed by atoms with Crippen molar-refractivity contribution in [2.45, 2.75) is 31.7 Å². The molecule has 20 heavy (non-hydrogen) atoms. The summed E-state index contributed by atoms with van der Waals surface area (Å²) in [6.45, 7) is 1.39. The molecule has 7 heteroatoms. The summed E-state index contributed by atoms with van der Waals surface area (Å²) in [6.07, 6.45) is -7.83. The van der Waals surface area contributed by atoms with E-state index in [9.17, 15) is 28.2 Å². The minimum Gasteiger partial charge on any atom is -0.469 e. The number of aryl methyl sites for hydroxylation is 1. The number of methoxy groups -OCH3 is 1. The second kappa shape index (κ2) is 6.23. The van der Waals surface area contributed by atoms with Crippen molar-refractivity contribution in [1.82, 2.24) is 0 Å². The summed E-state index contributed by atoms with van der Waals surface area (Å²) in [5, 5.41) is 19.5. The van der Waals surface area contributed by atoms with Gasteiger partial charge >= 0.3 is 12.1 Å². The third-order valence-electron chi connectivity index (χ3n) is 2.88. The van der Waals surface area contributed by atoms with Crippen molar-refractivity contribution in [2.75, 3.05) is 7.11 Å². The number of ether oxygens (including phenoxy) is 1. The van der Waals surface area contributed by atoms with E-state index in [1.54, 1.807) is 0 Å². The molecule has 0 fully saturated rings. The molecule has 0 saturated heterocycles. The van der Waals surface area contributed by atoms with Crippen molar-refractivity contribution in [1.29, 1.82) is 0 Å². The van der Waals surface area contributed by atoms with Crippen LogP contribution in [0.25, 0.3) is 0 Å². The molecule has 1 rings (SSSR count). The first kappa shape index (κ1) is 16.5. The van der Waals surface area contributed by atoms with Crippen molar-refractivity contribution >= 4 is 5.97 Å². The number of hydrogen-bond donors (Lipinski definition) is 2. The molecule has 2 N–H and O–H groups in total. The Labute approximate surface area is 113 Å². The molecule has 0 aliphatic heterocycles. The summed E-state index contributed by atoms with van der Waals surface area (Å²) in [7, 11) is 1.13. The van der Waals surface area contributed by atoms with Gasteiger partial charge in [-0.1, -0.05) is 6.07 Å². The Hall–Kier alpha value is -1.60. The van der Waals surface area contributed by atoms with Gasteiger partial charge < -0.3 is 14.9 Å². The fraction of sp³-hybridized carbons (Fsp3) is 0.462. The molecule has 0 amide bonds. The van der Waals surface area contributed by atoms with Crippen LogP contribution in [-0.2, 0) is 15.7 Å². The number of halogens is 3. The van der Waals surface area contributed by atoms with Gasteiger partial charge in [-0.15, -0.1) is 0 Å². The van der Waals surface area contributed by atoms with Crippen LogP contribution in [0.3, 0.4) is 0 Å². The molecule has 2 unspecified atom stereocenters. The molecule has 0 aromatic heterocycles. The van der Waals surface area contributed by atoms with Crippen molar-refractivity contribution in [3.63, 3.8) is 0 Å². The van der Waals surface area contributed by atoms with Gasteiger partial charge in [-0.3, -0.25) is 4.79 Å². The van der Waals surface area contributed by atoms with E-state index < -0.39 is 36.3 Å². The zero-order valence-corrected chi connectivity index (χ0v) is 10.9. The van der Waals surface area contributed by atoms with Crippen LogP contribution in [-0.4, -0.2) is 29.4 Å². The van der Waals surface area contributed by atoms with Gasteiger partial charge in [0.05, 0.1) is 25.2 Å². The molecule has 0 spiro atoms. The molecule has 0 aliphatic carbocycles. The maximum absolute atomic E-state index is 12.5. The SMILES string of the molecule is COC(=O)CC(O)C(O)c1ccc(C(F)(F)F)cc1C. The highest BCUT2D eigenvalue weighted by Gasteiger charge is 2.31. The molecule has 1 aromatic carbocycles. The average Bonchev–Trinajstić information content (AvgIpc) is 2.36. The van der Waals surface area contributed by atoms with Crippen LogP contribution in [0.15, 0.2) is 18.2 Å². The second-order valence-corrected chi connectivity index (χ2v) is 4.36. The number of hydrogen-bond acceptors (Lipinski definition) is 4. The normalized spacial score (nSPS) is 14.8. The fourth-order valence-corrected chi connectivity index (χ4v) is 1.76. The van der Waals surface area contributed by atoms with E-state index in [1.165, 1.54) is 6.92 Å². The van der Waals surface area contributed by atoms with Gasteiger partial charge in [-0.2, -0.15) is 13.2 Å². The van der Waals surface area contributed by atoms with Crippen molar-refractivity contribution in [3.8, 4) is 0 Å². The monoisotopic (exact) mass is 292 g/mol. The van der Waals surface area contributed by atoms with E-state index in [4.69, 9.17) is 0 Å². The second-order valence-electron chi connectivity index (χ2n) is 4.36. The highest BCUT2D eigenvalue weighted by Crippen LogP contribution is 2.32. The van der Waals surface area contributed by atoms with E-state index in [-0.39, 0.29) is 11.1 Å². The minimum absolute atomic E-state index is 0.134. The standard InChI is InChI=1S/C13H15F3O4/c1-7-5-8(13(14,15)16)3-4-9(7)12(19)10(17)6-11(18)20-2/h3-5,10,12,17,19H,6H2,1-2H3. The van der Waals surface area contributed by atoms with E-state index in [0.717, 1.165) is 25.3 Å². The van der Waals surface area contributed by atoms with Gasteiger partial charge in [0.25, 0.3) is 0 Å². The third-order valence-corrected chi connectivity index (χ3v) is 2.88. The van der Waals surface area contributed by atoms with E-state index in [1.807, 2.05) is 0 Å². The molecule has 0 heterocycles. The number of carbonyl (C=O) groups is 1. The molecule has 4 nitrogen and oxygen atoms in total. The number of esters is 1. The van der Waals surface area contributed by atoms with Crippen LogP contribution in [0, 0.1) is 6.92 Å². The number of benzene rings is 1. The summed E-state index contributed by atoms with van der Waals surface area (Å²) < 4.78 is 41.9. The fourth-order valence-electron chi connectivity index (χ4n) is 1.76. The van der Waals surface area contributed by atoms with Crippen LogP contribution in [0.5, 0.6) is 0 Å². The van der Waals surface area contributed by atoms with Gasteiger partial charge in [0.2, 0.25) is 0 Å². The molecule has 112 valence electrons. The smallest absolute Gasteiger partial charge is 0.416 e. The zero-order chi connectivity index (χ0) is 15.5. The lowest BCUT2D eigenvalue weighted by Crippen LogP contribution is -2.23. The molecule has 1 aromatic rings. The first-order valence-electron chi connectivity index (χ1n) is 5.77. The van der Waals surface area contributed by atoms with E-state index >= 15 is 0 Å². The molecular formula is C13H15F3O4. The van der Waals surface area contributed by atoms with Crippen LogP contribution < -0.4 is 0 Å². The van der Waals surface area contributed by atoms with Crippen molar-refractivity contribution < 1.29 is 32.9 Å². The van der Waals surface area contributed by atoms with Gasteiger partial charge in [0.1, 0.15) is 6.10 Å². The highest BCUT2D eigenvalue weighted by molar-refractivity contribution is 5.69. The average molecular weight is 292 g/mol. The van der Waals surface area contributed by atoms with Gasteiger partial charge in [0.15, 0.2) is 0 Å². The largest absolute Gasteiger partial charge is 0.469 e. The Morgan fingerprint density at radius 1 is 1.35 bits per heavy atom. The summed E-state index contributed by atoms with van der Waals surface area (Å²) >= 11 is 0. The molecular weight excluding hydrogens is 277 g/mol. The van der Waals surface area contributed by atoms with Crippen LogP contribution in [0.2, 0.25) is 0 Å². The van der Waals surface area contributed by atoms with Gasteiger partial charge in [0, 0.05) is 0 Å².